The van der Waals surface area contributed by atoms with Crippen LogP contribution >= 0.6 is 0 Å². The number of aromatic nitrogens is 4. The summed E-state index contributed by atoms with van der Waals surface area (Å²) in [5.41, 5.74) is 10.1. The normalized spacial score (nSPS) is 14.7. The summed E-state index contributed by atoms with van der Waals surface area (Å²) >= 11 is 0. The molecule has 1 fully saturated rings. The van der Waals surface area contributed by atoms with E-state index in [1.165, 1.54) is 0 Å². The lowest BCUT2D eigenvalue weighted by Gasteiger charge is -2.26. The number of hydrogen-bond acceptors (Lipinski definition) is 7. The first-order valence-electron chi connectivity index (χ1n) is 10.5. The fourth-order valence-corrected chi connectivity index (χ4v) is 3.76. The molecule has 0 atom stereocenters. The largest absolute Gasteiger partial charge is 0.399 e. The number of benzene rings is 2. The highest BCUT2D eigenvalue weighted by Gasteiger charge is 2.16. The maximum Gasteiger partial charge on any atom is 0.170 e. The van der Waals surface area contributed by atoms with Gasteiger partial charge in [0.1, 0.15) is 6.33 Å². The SMILES string of the molecule is Nc1cccc(-c2nc(NCCN3CCOCC3)c3ncn(-c4ccccc4)c3n2)c1. The predicted octanol–water partition coefficient (Wildman–Crippen LogP) is 2.81. The number of ether oxygens (including phenoxy) is 1. The molecule has 1 aliphatic rings. The summed E-state index contributed by atoms with van der Waals surface area (Å²) in [5, 5.41) is 3.48. The van der Waals surface area contributed by atoms with Crippen LogP contribution in [0.1, 0.15) is 0 Å². The number of nitrogen functional groups attached to an aromatic ring is 1. The summed E-state index contributed by atoms with van der Waals surface area (Å²) in [5.74, 6) is 1.34. The van der Waals surface area contributed by atoms with E-state index in [1.54, 1.807) is 6.33 Å². The molecule has 0 bridgehead atoms. The molecule has 8 nitrogen and oxygen atoms in total. The van der Waals surface area contributed by atoms with Crippen molar-refractivity contribution < 1.29 is 4.74 Å². The zero-order valence-electron chi connectivity index (χ0n) is 17.2. The lowest BCUT2D eigenvalue weighted by Crippen LogP contribution is -2.39. The monoisotopic (exact) mass is 415 g/mol. The minimum atomic E-state index is 0.617. The molecule has 1 aliphatic heterocycles. The molecule has 31 heavy (non-hydrogen) atoms. The third-order valence-corrected chi connectivity index (χ3v) is 5.40. The predicted molar refractivity (Wildman–Crippen MR) is 122 cm³/mol. The fraction of sp³-hybridized carbons (Fsp3) is 0.261. The van der Waals surface area contributed by atoms with Crippen molar-refractivity contribution in [3.05, 3.63) is 60.9 Å². The molecule has 5 rings (SSSR count). The Morgan fingerprint density at radius 1 is 1.00 bits per heavy atom. The smallest absolute Gasteiger partial charge is 0.170 e. The second kappa shape index (κ2) is 8.71. The molecule has 1 saturated heterocycles. The first-order valence-corrected chi connectivity index (χ1v) is 10.5. The van der Waals surface area contributed by atoms with Crippen molar-refractivity contribution in [2.24, 2.45) is 0 Å². The lowest BCUT2D eigenvalue weighted by molar-refractivity contribution is 0.0398. The van der Waals surface area contributed by atoms with Crippen molar-refractivity contribution in [1.29, 1.82) is 0 Å². The summed E-state index contributed by atoms with van der Waals surface area (Å²) in [7, 11) is 0. The number of rotatable bonds is 6. The van der Waals surface area contributed by atoms with E-state index in [4.69, 9.17) is 20.4 Å². The molecule has 158 valence electrons. The molecule has 0 unspecified atom stereocenters. The van der Waals surface area contributed by atoms with E-state index in [-0.39, 0.29) is 0 Å². The van der Waals surface area contributed by atoms with Crippen LogP contribution in [0.4, 0.5) is 11.5 Å². The number of nitrogens with two attached hydrogens (primary N) is 1. The molecule has 0 aliphatic carbocycles. The van der Waals surface area contributed by atoms with E-state index in [9.17, 15) is 0 Å². The maximum atomic E-state index is 6.01. The Labute approximate surface area is 180 Å². The second-order valence-corrected chi connectivity index (χ2v) is 7.52. The van der Waals surface area contributed by atoms with Crippen molar-refractivity contribution >= 4 is 22.7 Å². The Kier molecular flexibility index (Phi) is 5.47. The number of nitrogens with one attached hydrogen (secondary N) is 1. The minimum absolute atomic E-state index is 0.617. The molecule has 0 spiro atoms. The zero-order chi connectivity index (χ0) is 21.0. The average molecular weight is 416 g/mol. The first kappa shape index (κ1) is 19.5. The van der Waals surface area contributed by atoms with Gasteiger partial charge in [-0.15, -0.1) is 0 Å². The zero-order valence-corrected chi connectivity index (χ0v) is 17.2. The molecule has 0 saturated carbocycles. The molecule has 8 heteroatoms. The van der Waals surface area contributed by atoms with Crippen molar-refractivity contribution in [3.8, 4) is 17.1 Å². The highest BCUT2D eigenvalue weighted by atomic mass is 16.5. The summed E-state index contributed by atoms with van der Waals surface area (Å²) in [6, 6.07) is 17.7. The van der Waals surface area contributed by atoms with Crippen LogP contribution in [-0.2, 0) is 4.74 Å². The number of imidazole rings is 1. The summed E-state index contributed by atoms with van der Waals surface area (Å²) < 4.78 is 7.42. The van der Waals surface area contributed by atoms with Gasteiger partial charge in [-0.05, 0) is 24.3 Å². The molecule has 3 heterocycles. The molecular weight excluding hydrogens is 390 g/mol. The van der Waals surface area contributed by atoms with Gasteiger partial charge in [0.15, 0.2) is 22.8 Å². The Balaban J connectivity index is 1.52. The van der Waals surface area contributed by atoms with Gasteiger partial charge in [0.2, 0.25) is 0 Å². The Morgan fingerprint density at radius 3 is 2.65 bits per heavy atom. The Bertz CT molecular complexity index is 1170. The van der Waals surface area contributed by atoms with E-state index in [0.29, 0.717) is 11.5 Å². The van der Waals surface area contributed by atoms with Gasteiger partial charge >= 0.3 is 0 Å². The van der Waals surface area contributed by atoms with E-state index in [2.05, 4.69) is 15.2 Å². The van der Waals surface area contributed by atoms with Gasteiger partial charge in [-0.1, -0.05) is 30.3 Å². The molecule has 0 amide bonds. The van der Waals surface area contributed by atoms with Crippen LogP contribution in [0.15, 0.2) is 60.9 Å². The van der Waals surface area contributed by atoms with E-state index < -0.39 is 0 Å². The van der Waals surface area contributed by atoms with Crippen LogP contribution < -0.4 is 11.1 Å². The third-order valence-electron chi connectivity index (χ3n) is 5.40. The fourth-order valence-electron chi connectivity index (χ4n) is 3.76. The summed E-state index contributed by atoms with van der Waals surface area (Å²) in [4.78, 5) is 16.7. The molecular formula is C23H25N7O. The van der Waals surface area contributed by atoms with Crippen LogP contribution in [-0.4, -0.2) is 63.8 Å². The standard InChI is InChI=1S/C23H25N7O/c24-18-6-4-5-17(15-18)21-27-22(25-9-10-29-11-13-31-14-12-29)20-23(28-21)30(16-26-20)19-7-2-1-3-8-19/h1-8,15-16H,9-14,24H2,(H,25,27,28). The van der Waals surface area contributed by atoms with Crippen molar-refractivity contribution in [3.63, 3.8) is 0 Å². The number of nitrogens with zero attached hydrogens (tertiary/aromatic N) is 5. The lowest BCUT2D eigenvalue weighted by atomic mass is 10.2. The molecule has 2 aromatic carbocycles. The van der Waals surface area contributed by atoms with Gasteiger partial charge in [0.25, 0.3) is 0 Å². The topological polar surface area (TPSA) is 94.1 Å². The van der Waals surface area contributed by atoms with E-state index >= 15 is 0 Å². The molecule has 0 radical (unpaired) electrons. The average Bonchev–Trinajstić information content (AvgIpc) is 3.25. The summed E-state index contributed by atoms with van der Waals surface area (Å²) in [6.07, 6.45) is 1.80. The number of hydrogen-bond donors (Lipinski definition) is 2. The highest BCUT2D eigenvalue weighted by Crippen LogP contribution is 2.26. The van der Waals surface area contributed by atoms with Crippen molar-refractivity contribution in [2.75, 3.05) is 50.4 Å². The van der Waals surface area contributed by atoms with Crippen LogP contribution in [0.25, 0.3) is 28.2 Å². The highest BCUT2D eigenvalue weighted by molar-refractivity contribution is 5.86. The first-order chi connectivity index (χ1) is 15.3. The Hall–Kier alpha value is -3.49. The maximum absolute atomic E-state index is 6.01. The van der Waals surface area contributed by atoms with Crippen LogP contribution in [0.2, 0.25) is 0 Å². The minimum Gasteiger partial charge on any atom is -0.399 e. The van der Waals surface area contributed by atoms with Crippen LogP contribution in [0.3, 0.4) is 0 Å². The third kappa shape index (κ3) is 4.21. The van der Waals surface area contributed by atoms with Gasteiger partial charge in [-0.25, -0.2) is 15.0 Å². The molecule has 4 aromatic rings. The van der Waals surface area contributed by atoms with E-state index in [1.807, 2.05) is 59.2 Å². The quantitative estimate of drug-likeness (QED) is 0.468. The van der Waals surface area contributed by atoms with Gasteiger partial charge in [0, 0.05) is 43.1 Å². The molecule has 3 N–H and O–H groups in total. The van der Waals surface area contributed by atoms with Gasteiger partial charge in [-0.3, -0.25) is 9.47 Å². The van der Waals surface area contributed by atoms with Gasteiger partial charge in [-0.2, -0.15) is 0 Å². The number of para-hydroxylation sites is 1. The number of anilines is 2. The van der Waals surface area contributed by atoms with Crippen LogP contribution in [0, 0.1) is 0 Å². The Morgan fingerprint density at radius 2 is 1.84 bits per heavy atom. The number of fused-ring (bicyclic) bond motifs is 1. The van der Waals surface area contributed by atoms with Crippen LogP contribution in [0.5, 0.6) is 0 Å². The number of morpholine rings is 1. The van der Waals surface area contributed by atoms with Crippen molar-refractivity contribution in [2.45, 2.75) is 0 Å². The summed E-state index contributed by atoms with van der Waals surface area (Å²) in [6.45, 7) is 5.18. The molecule has 2 aromatic heterocycles. The van der Waals surface area contributed by atoms with Gasteiger partial charge in [0.05, 0.1) is 13.2 Å². The van der Waals surface area contributed by atoms with Gasteiger partial charge < -0.3 is 15.8 Å². The van der Waals surface area contributed by atoms with E-state index in [0.717, 1.165) is 67.6 Å². The second-order valence-electron chi connectivity index (χ2n) is 7.52. The van der Waals surface area contributed by atoms with Crippen molar-refractivity contribution in [1.82, 2.24) is 24.4 Å².